The van der Waals surface area contributed by atoms with Gasteiger partial charge in [0.05, 0.1) is 6.61 Å². The molecule has 2 aromatic carbocycles. The third-order valence-corrected chi connectivity index (χ3v) is 3.54. The average molecular weight is 337 g/mol. The van der Waals surface area contributed by atoms with E-state index in [0.29, 0.717) is 18.1 Å². The van der Waals surface area contributed by atoms with Gasteiger partial charge >= 0.3 is 6.01 Å². The predicted octanol–water partition coefficient (Wildman–Crippen LogP) is 4.00. The van der Waals surface area contributed by atoms with Crippen molar-refractivity contribution >= 4 is 11.9 Å². The Morgan fingerprint density at radius 3 is 2.40 bits per heavy atom. The van der Waals surface area contributed by atoms with Gasteiger partial charge in [0.1, 0.15) is 5.75 Å². The predicted molar refractivity (Wildman–Crippen MR) is 94.8 cm³/mol. The molecular formula is C19H19N3O3. The number of ether oxygens (including phenoxy) is 1. The molecule has 0 saturated carbocycles. The summed E-state index contributed by atoms with van der Waals surface area (Å²) in [7, 11) is 0. The molecule has 128 valence electrons. The minimum atomic E-state index is -0.284. The second kappa shape index (κ2) is 7.17. The highest BCUT2D eigenvalue weighted by molar-refractivity contribution is 6.03. The zero-order valence-corrected chi connectivity index (χ0v) is 14.4. The van der Waals surface area contributed by atoms with Crippen molar-refractivity contribution in [1.29, 1.82) is 0 Å². The third kappa shape index (κ3) is 4.03. The number of nitrogens with one attached hydrogen (secondary N) is 1. The first kappa shape index (κ1) is 16.7. The number of anilines is 1. The first-order chi connectivity index (χ1) is 12.0. The van der Waals surface area contributed by atoms with E-state index in [-0.39, 0.29) is 11.9 Å². The van der Waals surface area contributed by atoms with E-state index in [0.717, 1.165) is 22.4 Å². The van der Waals surface area contributed by atoms with Crippen LogP contribution in [0.2, 0.25) is 0 Å². The molecule has 1 heterocycles. The molecule has 1 N–H and O–H groups in total. The quantitative estimate of drug-likeness (QED) is 0.761. The van der Waals surface area contributed by atoms with Gasteiger partial charge in [0.25, 0.3) is 5.91 Å². The number of aromatic nitrogens is 2. The lowest BCUT2D eigenvalue weighted by Crippen LogP contribution is -2.12. The van der Waals surface area contributed by atoms with Crippen molar-refractivity contribution < 1.29 is 13.9 Å². The zero-order chi connectivity index (χ0) is 17.8. The van der Waals surface area contributed by atoms with Gasteiger partial charge in [-0.2, -0.15) is 0 Å². The Labute approximate surface area is 145 Å². The molecule has 3 rings (SSSR count). The fraction of sp³-hybridized carbons (Fsp3) is 0.211. The number of carbonyl (C=O) groups is 1. The fourth-order valence-electron chi connectivity index (χ4n) is 2.53. The van der Waals surface area contributed by atoms with E-state index in [1.807, 2.05) is 63.2 Å². The van der Waals surface area contributed by atoms with Crippen molar-refractivity contribution in [3.63, 3.8) is 0 Å². The summed E-state index contributed by atoms with van der Waals surface area (Å²) in [5.74, 6) is 0.821. The van der Waals surface area contributed by atoms with Crippen molar-refractivity contribution in [3.8, 4) is 17.2 Å². The van der Waals surface area contributed by atoms with E-state index in [4.69, 9.17) is 9.15 Å². The number of carbonyl (C=O) groups excluding carboxylic acids is 1. The molecule has 0 saturated heterocycles. The van der Waals surface area contributed by atoms with Crippen LogP contribution < -0.4 is 10.1 Å². The lowest BCUT2D eigenvalue weighted by atomic mass is 10.1. The summed E-state index contributed by atoms with van der Waals surface area (Å²) < 4.78 is 10.9. The number of hydrogen-bond donors (Lipinski definition) is 1. The number of hydrogen-bond acceptors (Lipinski definition) is 5. The van der Waals surface area contributed by atoms with Gasteiger partial charge in [-0.25, -0.2) is 0 Å². The Hall–Kier alpha value is -3.15. The lowest BCUT2D eigenvalue weighted by molar-refractivity contribution is 0.102. The van der Waals surface area contributed by atoms with Crippen LogP contribution in [0.25, 0.3) is 11.5 Å². The summed E-state index contributed by atoms with van der Waals surface area (Å²) in [4.78, 5) is 12.3. The third-order valence-electron chi connectivity index (χ3n) is 3.54. The standard InChI is InChI=1S/C19H19N3O3/c1-4-24-16-7-5-14(6-8-16)18-21-22-19(25-18)20-17(23)15-10-12(2)9-13(3)11-15/h5-11H,4H2,1-3H3,(H,20,22,23). The van der Waals surface area contributed by atoms with E-state index in [2.05, 4.69) is 15.5 Å². The average Bonchev–Trinajstić information content (AvgIpc) is 3.03. The molecule has 0 bridgehead atoms. The molecule has 1 aromatic heterocycles. The van der Waals surface area contributed by atoms with Crippen LogP contribution in [0.15, 0.2) is 46.9 Å². The molecule has 1 amide bonds. The van der Waals surface area contributed by atoms with Crippen molar-refractivity contribution in [3.05, 3.63) is 59.2 Å². The van der Waals surface area contributed by atoms with Crippen LogP contribution in [0.1, 0.15) is 28.4 Å². The molecule has 0 unspecified atom stereocenters. The van der Waals surface area contributed by atoms with Crippen LogP contribution >= 0.6 is 0 Å². The van der Waals surface area contributed by atoms with Crippen LogP contribution in [0.5, 0.6) is 5.75 Å². The normalized spacial score (nSPS) is 10.5. The van der Waals surface area contributed by atoms with Crippen LogP contribution in [0.4, 0.5) is 6.01 Å². The fourth-order valence-corrected chi connectivity index (χ4v) is 2.53. The molecule has 0 fully saturated rings. The van der Waals surface area contributed by atoms with Gasteiger partial charge < -0.3 is 9.15 Å². The number of nitrogens with zero attached hydrogens (tertiary/aromatic N) is 2. The molecule has 0 aliphatic carbocycles. The van der Waals surface area contributed by atoms with Crippen LogP contribution in [-0.2, 0) is 0 Å². The Kier molecular flexibility index (Phi) is 4.79. The van der Waals surface area contributed by atoms with Gasteiger partial charge in [-0.1, -0.05) is 22.3 Å². The number of rotatable bonds is 5. The molecule has 25 heavy (non-hydrogen) atoms. The number of amides is 1. The second-order valence-corrected chi connectivity index (χ2v) is 5.70. The Bertz CT molecular complexity index is 865. The number of benzene rings is 2. The molecule has 0 aliphatic heterocycles. The summed E-state index contributed by atoms with van der Waals surface area (Å²) in [6, 6.07) is 13.0. The highest BCUT2D eigenvalue weighted by atomic mass is 16.5. The van der Waals surface area contributed by atoms with Gasteiger partial charge in [-0.05, 0) is 57.2 Å². The Morgan fingerprint density at radius 2 is 1.76 bits per heavy atom. The first-order valence-corrected chi connectivity index (χ1v) is 8.01. The smallest absolute Gasteiger partial charge is 0.322 e. The SMILES string of the molecule is CCOc1ccc(-c2nnc(NC(=O)c3cc(C)cc(C)c3)o2)cc1. The molecule has 0 radical (unpaired) electrons. The first-order valence-electron chi connectivity index (χ1n) is 8.01. The molecular weight excluding hydrogens is 318 g/mol. The van der Waals surface area contributed by atoms with Crippen LogP contribution in [0.3, 0.4) is 0 Å². The lowest BCUT2D eigenvalue weighted by Gasteiger charge is -2.04. The highest BCUT2D eigenvalue weighted by Gasteiger charge is 2.13. The van der Waals surface area contributed by atoms with Gasteiger partial charge in [0, 0.05) is 11.1 Å². The molecule has 3 aromatic rings. The highest BCUT2D eigenvalue weighted by Crippen LogP contribution is 2.23. The van der Waals surface area contributed by atoms with Crippen LogP contribution in [0, 0.1) is 13.8 Å². The molecule has 6 heteroatoms. The molecule has 0 spiro atoms. The largest absolute Gasteiger partial charge is 0.494 e. The van der Waals surface area contributed by atoms with Crippen molar-refractivity contribution in [1.82, 2.24) is 10.2 Å². The van der Waals surface area contributed by atoms with Gasteiger partial charge in [-0.3, -0.25) is 10.1 Å². The van der Waals surface area contributed by atoms with Gasteiger partial charge in [0.15, 0.2) is 0 Å². The maximum atomic E-state index is 12.3. The minimum Gasteiger partial charge on any atom is -0.494 e. The Balaban J connectivity index is 1.73. The maximum absolute atomic E-state index is 12.3. The van der Waals surface area contributed by atoms with E-state index in [9.17, 15) is 4.79 Å². The minimum absolute atomic E-state index is 0.0630. The number of aryl methyl sites for hydroxylation is 2. The topological polar surface area (TPSA) is 77.3 Å². The summed E-state index contributed by atoms with van der Waals surface area (Å²) in [6.07, 6.45) is 0. The van der Waals surface area contributed by atoms with Crippen molar-refractivity contribution in [2.75, 3.05) is 11.9 Å². The molecule has 0 atom stereocenters. The monoisotopic (exact) mass is 337 g/mol. The summed E-state index contributed by atoms with van der Waals surface area (Å²) >= 11 is 0. The maximum Gasteiger partial charge on any atom is 0.322 e. The second-order valence-electron chi connectivity index (χ2n) is 5.70. The molecule has 0 aliphatic rings. The van der Waals surface area contributed by atoms with Crippen molar-refractivity contribution in [2.24, 2.45) is 0 Å². The Morgan fingerprint density at radius 1 is 1.08 bits per heavy atom. The van der Waals surface area contributed by atoms with E-state index in [1.165, 1.54) is 0 Å². The van der Waals surface area contributed by atoms with E-state index in [1.54, 1.807) is 0 Å². The van der Waals surface area contributed by atoms with Gasteiger partial charge in [0.2, 0.25) is 5.89 Å². The summed E-state index contributed by atoms with van der Waals surface area (Å²) in [6.45, 7) is 6.42. The van der Waals surface area contributed by atoms with E-state index >= 15 is 0 Å². The summed E-state index contributed by atoms with van der Waals surface area (Å²) in [5, 5.41) is 10.5. The summed E-state index contributed by atoms with van der Waals surface area (Å²) in [5.41, 5.74) is 3.35. The van der Waals surface area contributed by atoms with Crippen molar-refractivity contribution in [2.45, 2.75) is 20.8 Å². The van der Waals surface area contributed by atoms with Crippen LogP contribution in [-0.4, -0.2) is 22.7 Å². The van der Waals surface area contributed by atoms with E-state index < -0.39 is 0 Å². The van der Waals surface area contributed by atoms with Gasteiger partial charge in [-0.15, -0.1) is 5.10 Å². The molecule has 6 nitrogen and oxygen atoms in total. The zero-order valence-electron chi connectivity index (χ0n) is 14.4.